The lowest BCUT2D eigenvalue weighted by Gasteiger charge is -2.30. The number of nitrogens with zero attached hydrogens (tertiary/aromatic N) is 1. The van der Waals surface area contributed by atoms with Crippen LogP contribution < -0.4 is 9.62 Å². The number of benzene rings is 3. The number of halogens is 1. The Morgan fingerprint density at radius 2 is 1.45 bits per heavy atom. The molecule has 0 saturated carbocycles. The first-order chi connectivity index (χ1) is 14.7. The molecule has 0 aliphatic heterocycles. The maximum absolute atomic E-state index is 13.3. The molecule has 0 spiro atoms. The fraction of sp³-hybridized carbons (Fsp3) is 0.208. The second kappa shape index (κ2) is 9.54. The molecular formula is C24H25ClN2O3S. The molecule has 3 aromatic rings. The number of anilines is 1. The summed E-state index contributed by atoms with van der Waals surface area (Å²) in [5.41, 5.74) is 3.31. The Kier molecular flexibility index (Phi) is 7.03. The first-order valence-corrected chi connectivity index (χ1v) is 12.1. The van der Waals surface area contributed by atoms with Crippen molar-refractivity contribution in [2.24, 2.45) is 0 Å². The van der Waals surface area contributed by atoms with Gasteiger partial charge < -0.3 is 5.32 Å². The van der Waals surface area contributed by atoms with Gasteiger partial charge in [0.05, 0.1) is 18.0 Å². The minimum absolute atomic E-state index is 0.376. The molecule has 31 heavy (non-hydrogen) atoms. The third-order valence-electron chi connectivity index (χ3n) is 5.00. The van der Waals surface area contributed by atoms with Crippen molar-refractivity contribution < 1.29 is 13.2 Å². The molecule has 0 aliphatic carbocycles. The molecule has 5 nitrogen and oxygen atoms in total. The van der Waals surface area contributed by atoms with Crippen LogP contribution >= 0.6 is 11.6 Å². The lowest BCUT2D eigenvalue weighted by Crippen LogP contribution is -2.48. The normalized spacial score (nSPS) is 13.3. The number of amides is 1. The van der Waals surface area contributed by atoms with Gasteiger partial charge in [-0.2, -0.15) is 0 Å². The lowest BCUT2D eigenvalue weighted by atomic mass is 9.97. The van der Waals surface area contributed by atoms with E-state index in [2.05, 4.69) is 5.32 Å². The van der Waals surface area contributed by atoms with Crippen molar-refractivity contribution >= 4 is 33.2 Å². The SMILES string of the molecule is Cc1ccc([C@@H](NC(=O)[C@@H](C)N(c2ccc(Cl)cc2)S(C)(=O)=O)c2ccccc2)cc1. The summed E-state index contributed by atoms with van der Waals surface area (Å²) in [6, 6.07) is 22.5. The Bertz CT molecular complexity index is 1130. The van der Waals surface area contributed by atoms with Gasteiger partial charge in [-0.1, -0.05) is 71.8 Å². The summed E-state index contributed by atoms with van der Waals surface area (Å²) in [6.45, 7) is 3.57. The zero-order valence-electron chi connectivity index (χ0n) is 17.6. The molecule has 0 saturated heterocycles. The summed E-state index contributed by atoms with van der Waals surface area (Å²) in [7, 11) is -3.72. The van der Waals surface area contributed by atoms with E-state index in [1.807, 2.05) is 61.5 Å². The molecular weight excluding hydrogens is 432 g/mol. The minimum Gasteiger partial charge on any atom is -0.343 e. The van der Waals surface area contributed by atoms with E-state index in [9.17, 15) is 13.2 Å². The van der Waals surface area contributed by atoms with Crippen LogP contribution in [0.15, 0.2) is 78.9 Å². The van der Waals surface area contributed by atoms with Gasteiger partial charge >= 0.3 is 0 Å². The Labute approximate surface area is 188 Å². The summed E-state index contributed by atoms with van der Waals surface area (Å²) in [6.07, 6.45) is 1.08. The van der Waals surface area contributed by atoms with E-state index in [4.69, 9.17) is 11.6 Å². The van der Waals surface area contributed by atoms with Gasteiger partial charge in [0.1, 0.15) is 6.04 Å². The second-order valence-corrected chi connectivity index (χ2v) is 9.77. The number of carbonyl (C=O) groups is 1. The van der Waals surface area contributed by atoms with E-state index in [0.717, 1.165) is 27.3 Å². The lowest BCUT2D eigenvalue weighted by molar-refractivity contribution is -0.122. The number of rotatable bonds is 7. The Morgan fingerprint density at radius 1 is 0.903 bits per heavy atom. The van der Waals surface area contributed by atoms with Crippen LogP contribution in [0.4, 0.5) is 5.69 Å². The quantitative estimate of drug-likeness (QED) is 0.560. The standard InChI is InChI=1S/C24H25ClN2O3S/c1-17-9-11-20(12-10-17)23(19-7-5-4-6-8-19)26-24(28)18(2)27(31(3,29)30)22-15-13-21(25)14-16-22/h4-16,18,23H,1-3H3,(H,26,28)/t18-,23+/m1/s1. The van der Waals surface area contributed by atoms with Gasteiger partial charge in [-0.05, 0) is 49.2 Å². The molecule has 0 radical (unpaired) electrons. The topological polar surface area (TPSA) is 66.5 Å². The molecule has 0 bridgehead atoms. The van der Waals surface area contributed by atoms with E-state index in [1.165, 1.54) is 0 Å². The summed E-state index contributed by atoms with van der Waals surface area (Å²) in [4.78, 5) is 13.3. The van der Waals surface area contributed by atoms with Crippen LogP contribution in [0.2, 0.25) is 5.02 Å². The molecule has 7 heteroatoms. The van der Waals surface area contributed by atoms with Crippen LogP contribution in [-0.2, 0) is 14.8 Å². The molecule has 3 rings (SSSR count). The van der Waals surface area contributed by atoms with E-state index >= 15 is 0 Å². The highest BCUT2D eigenvalue weighted by atomic mass is 35.5. The summed E-state index contributed by atoms with van der Waals surface area (Å²) >= 11 is 5.94. The summed E-state index contributed by atoms with van der Waals surface area (Å²) in [5, 5.41) is 3.52. The van der Waals surface area contributed by atoms with Crippen LogP contribution in [0.3, 0.4) is 0 Å². The average Bonchev–Trinajstić information content (AvgIpc) is 2.74. The summed E-state index contributed by atoms with van der Waals surface area (Å²) in [5.74, 6) is -0.408. The number of nitrogens with one attached hydrogen (secondary N) is 1. The number of carbonyl (C=O) groups excluding carboxylic acids is 1. The molecule has 0 fully saturated rings. The van der Waals surface area contributed by atoms with Gasteiger partial charge in [-0.15, -0.1) is 0 Å². The van der Waals surface area contributed by atoms with E-state index in [1.54, 1.807) is 31.2 Å². The van der Waals surface area contributed by atoms with Gasteiger partial charge in [0.2, 0.25) is 15.9 Å². The zero-order valence-corrected chi connectivity index (χ0v) is 19.2. The maximum Gasteiger partial charge on any atom is 0.244 e. The molecule has 3 aromatic carbocycles. The molecule has 1 N–H and O–H groups in total. The minimum atomic E-state index is -3.72. The first-order valence-electron chi connectivity index (χ1n) is 9.83. The van der Waals surface area contributed by atoms with E-state index < -0.39 is 28.0 Å². The van der Waals surface area contributed by atoms with Gasteiger partial charge in [0.25, 0.3) is 0 Å². The maximum atomic E-state index is 13.3. The predicted octanol–water partition coefficient (Wildman–Crippen LogP) is 4.71. The van der Waals surface area contributed by atoms with Crippen LogP contribution in [0.5, 0.6) is 0 Å². The smallest absolute Gasteiger partial charge is 0.244 e. The first kappa shape index (κ1) is 22.8. The van der Waals surface area contributed by atoms with Crippen molar-refractivity contribution in [2.45, 2.75) is 25.9 Å². The zero-order chi connectivity index (χ0) is 22.6. The van der Waals surface area contributed by atoms with Crippen LogP contribution in [-0.4, -0.2) is 26.6 Å². The fourth-order valence-electron chi connectivity index (χ4n) is 3.42. The number of hydrogen-bond acceptors (Lipinski definition) is 3. The summed E-state index contributed by atoms with van der Waals surface area (Å²) < 4.78 is 26.2. The van der Waals surface area contributed by atoms with Crippen molar-refractivity contribution in [3.63, 3.8) is 0 Å². The van der Waals surface area contributed by atoms with E-state index in [-0.39, 0.29) is 0 Å². The highest BCUT2D eigenvalue weighted by Crippen LogP contribution is 2.26. The highest BCUT2D eigenvalue weighted by molar-refractivity contribution is 7.92. The van der Waals surface area contributed by atoms with Crippen molar-refractivity contribution in [1.29, 1.82) is 0 Å². The fourth-order valence-corrected chi connectivity index (χ4v) is 4.72. The van der Waals surface area contributed by atoms with Crippen LogP contribution in [0.25, 0.3) is 0 Å². The Balaban J connectivity index is 1.94. The number of aryl methyl sites for hydroxylation is 1. The van der Waals surface area contributed by atoms with Gasteiger partial charge in [0, 0.05) is 5.02 Å². The largest absolute Gasteiger partial charge is 0.343 e. The monoisotopic (exact) mass is 456 g/mol. The molecule has 2 atom stereocenters. The van der Waals surface area contributed by atoms with Crippen molar-refractivity contribution in [3.8, 4) is 0 Å². The van der Waals surface area contributed by atoms with Crippen molar-refractivity contribution in [2.75, 3.05) is 10.6 Å². The average molecular weight is 457 g/mol. The van der Waals surface area contributed by atoms with Crippen molar-refractivity contribution in [1.82, 2.24) is 5.32 Å². The van der Waals surface area contributed by atoms with Crippen LogP contribution in [0, 0.1) is 6.92 Å². The number of hydrogen-bond donors (Lipinski definition) is 1. The molecule has 162 valence electrons. The van der Waals surface area contributed by atoms with E-state index in [0.29, 0.717) is 10.7 Å². The molecule has 0 unspecified atom stereocenters. The third kappa shape index (κ3) is 5.66. The Hall–Kier alpha value is -2.83. The van der Waals surface area contributed by atoms with Crippen LogP contribution in [0.1, 0.15) is 29.7 Å². The third-order valence-corrected chi connectivity index (χ3v) is 6.49. The van der Waals surface area contributed by atoms with Crippen molar-refractivity contribution in [3.05, 3.63) is 101 Å². The predicted molar refractivity (Wildman–Crippen MR) is 126 cm³/mol. The second-order valence-electron chi connectivity index (χ2n) is 7.47. The molecule has 0 aliphatic rings. The molecule has 0 aromatic heterocycles. The van der Waals surface area contributed by atoms with Gasteiger partial charge in [0.15, 0.2) is 0 Å². The van der Waals surface area contributed by atoms with Gasteiger partial charge in [-0.3, -0.25) is 9.10 Å². The van der Waals surface area contributed by atoms with Gasteiger partial charge in [-0.25, -0.2) is 8.42 Å². The Morgan fingerprint density at radius 3 is 2.00 bits per heavy atom. The molecule has 1 amide bonds. The highest BCUT2D eigenvalue weighted by Gasteiger charge is 2.30. The number of sulfonamides is 1. The molecule has 0 heterocycles.